The molecule has 20 heavy (non-hydrogen) atoms. The van der Waals surface area contributed by atoms with E-state index in [0.29, 0.717) is 5.56 Å². The molecule has 110 valence electrons. The van der Waals surface area contributed by atoms with Crippen LogP contribution in [0.3, 0.4) is 0 Å². The summed E-state index contributed by atoms with van der Waals surface area (Å²) in [6.07, 6.45) is 0.285. The van der Waals surface area contributed by atoms with Crippen LogP contribution in [0.25, 0.3) is 0 Å². The summed E-state index contributed by atoms with van der Waals surface area (Å²) in [5.74, 6) is 4.44. The van der Waals surface area contributed by atoms with Gasteiger partial charge in [-0.1, -0.05) is 11.8 Å². The highest BCUT2D eigenvalue weighted by Crippen LogP contribution is 2.17. The first-order chi connectivity index (χ1) is 9.15. The molecule has 1 aromatic rings. The Morgan fingerprint density at radius 2 is 2.00 bits per heavy atom. The summed E-state index contributed by atoms with van der Waals surface area (Å²) < 4.78 is 40.3. The van der Waals surface area contributed by atoms with Crippen LogP contribution >= 0.6 is 0 Å². The Labute approximate surface area is 119 Å². The molecule has 0 radical (unpaired) electrons. The van der Waals surface area contributed by atoms with Crippen molar-refractivity contribution in [3.8, 4) is 11.8 Å². The molecule has 0 atom stereocenters. The van der Waals surface area contributed by atoms with Crippen molar-refractivity contribution >= 4 is 10.0 Å². The van der Waals surface area contributed by atoms with Crippen molar-refractivity contribution in [3.05, 3.63) is 29.6 Å². The van der Waals surface area contributed by atoms with E-state index < -0.39 is 26.3 Å². The number of rotatable bonds is 3. The zero-order valence-electron chi connectivity index (χ0n) is 11.7. The smallest absolute Gasteiger partial charge is 0.243 e. The number of aliphatic hydroxyl groups is 1. The van der Waals surface area contributed by atoms with Crippen LogP contribution in [0, 0.1) is 17.7 Å². The van der Waals surface area contributed by atoms with Crippen LogP contribution in [-0.2, 0) is 10.0 Å². The molecule has 0 saturated carbocycles. The molecule has 0 unspecified atom stereocenters. The highest BCUT2D eigenvalue weighted by atomic mass is 32.2. The third-order valence-electron chi connectivity index (χ3n) is 2.13. The number of aliphatic hydroxyl groups excluding tert-OH is 1. The Morgan fingerprint density at radius 3 is 2.50 bits per heavy atom. The third kappa shape index (κ3) is 4.93. The van der Waals surface area contributed by atoms with Gasteiger partial charge in [0.15, 0.2) is 0 Å². The highest BCUT2D eigenvalue weighted by Gasteiger charge is 2.24. The van der Waals surface area contributed by atoms with Crippen molar-refractivity contribution in [2.45, 2.75) is 37.6 Å². The van der Waals surface area contributed by atoms with Crippen molar-refractivity contribution < 1.29 is 17.9 Å². The molecular formula is C14H18FNO3S. The lowest BCUT2D eigenvalue weighted by atomic mass is 10.1. The second-order valence-corrected chi connectivity index (χ2v) is 6.93. The monoisotopic (exact) mass is 299 g/mol. The molecule has 0 aliphatic carbocycles. The van der Waals surface area contributed by atoms with E-state index in [9.17, 15) is 12.8 Å². The van der Waals surface area contributed by atoms with Gasteiger partial charge in [0.05, 0.1) is 6.61 Å². The number of halogens is 1. The molecule has 0 fully saturated rings. The number of nitrogens with one attached hydrogen (secondary N) is 1. The molecule has 2 N–H and O–H groups in total. The van der Waals surface area contributed by atoms with Gasteiger partial charge in [-0.15, -0.1) is 0 Å². The largest absolute Gasteiger partial charge is 0.395 e. The summed E-state index contributed by atoms with van der Waals surface area (Å²) in [7, 11) is -3.90. The summed E-state index contributed by atoms with van der Waals surface area (Å²) in [5, 5.41) is 8.59. The minimum absolute atomic E-state index is 0.0720. The number of hydrogen-bond acceptors (Lipinski definition) is 3. The van der Waals surface area contributed by atoms with Gasteiger partial charge in [0, 0.05) is 17.5 Å². The maximum absolute atomic E-state index is 13.9. The topological polar surface area (TPSA) is 66.4 Å². The van der Waals surface area contributed by atoms with E-state index in [1.807, 2.05) is 0 Å². The average molecular weight is 299 g/mol. The van der Waals surface area contributed by atoms with Crippen LogP contribution in [0.1, 0.15) is 32.8 Å². The quantitative estimate of drug-likeness (QED) is 0.834. The standard InChI is InChI=1S/C14H18FNO3S/c1-14(2,3)16-20(18,19)13-8-7-11(10-12(13)15)6-4-5-9-17/h7-8,10,16-17H,5,9H2,1-3H3. The van der Waals surface area contributed by atoms with Gasteiger partial charge in [0.2, 0.25) is 10.0 Å². The first-order valence-electron chi connectivity index (χ1n) is 6.09. The minimum atomic E-state index is -3.90. The van der Waals surface area contributed by atoms with Crippen LogP contribution in [0.5, 0.6) is 0 Å². The van der Waals surface area contributed by atoms with E-state index >= 15 is 0 Å². The third-order valence-corrected chi connectivity index (χ3v) is 3.92. The Hall–Kier alpha value is -1.42. The van der Waals surface area contributed by atoms with Crippen LogP contribution in [0.15, 0.2) is 23.1 Å². The molecule has 0 aliphatic heterocycles. The van der Waals surface area contributed by atoms with Crippen LogP contribution < -0.4 is 4.72 Å². The highest BCUT2D eigenvalue weighted by molar-refractivity contribution is 7.89. The van der Waals surface area contributed by atoms with Crippen molar-refractivity contribution in [1.82, 2.24) is 4.72 Å². The SMILES string of the molecule is CC(C)(C)NS(=O)(=O)c1ccc(C#CCCO)cc1F. The van der Waals surface area contributed by atoms with Crippen molar-refractivity contribution in [1.29, 1.82) is 0 Å². The van der Waals surface area contributed by atoms with Crippen molar-refractivity contribution in [2.24, 2.45) is 0 Å². The number of benzene rings is 1. The fourth-order valence-corrected chi connectivity index (χ4v) is 2.95. The summed E-state index contributed by atoms with van der Waals surface area (Å²) in [6, 6.07) is 3.69. The maximum atomic E-state index is 13.9. The van der Waals surface area contributed by atoms with E-state index in [4.69, 9.17) is 5.11 Å². The summed E-state index contributed by atoms with van der Waals surface area (Å²) in [6.45, 7) is 4.96. The van der Waals surface area contributed by atoms with Crippen LogP contribution in [0.2, 0.25) is 0 Å². The lowest BCUT2D eigenvalue weighted by Gasteiger charge is -2.20. The number of hydrogen-bond donors (Lipinski definition) is 2. The predicted molar refractivity (Wildman–Crippen MR) is 75.1 cm³/mol. The zero-order chi connectivity index (χ0) is 15.4. The fraction of sp³-hybridized carbons (Fsp3) is 0.429. The van der Waals surface area contributed by atoms with Crippen LogP contribution in [-0.4, -0.2) is 25.7 Å². The van der Waals surface area contributed by atoms with Gasteiger partial charge in [-0.25, -0.2) is 17.5 Å². The maximum Gasteiger partial charge on any atom is 0.243 e. The van der Waals surface area contributed by atoms with E-state index in [0.717, 1.165) is 6.07 Å². The normalized spacial score (nSPS) is 11.8. The second-order valence-electron chi connectivity index (χ2n) is 5.28. The molecule has 0 aromatic heterocycles. The summed E-state index contributed by atoms with van der Waals surface area (Å²) in [5.41, 5.74) is -0.323. The Bertz CT molecular complexity index is 637. The zero-order valence-corrected chi connectivity index (χ0v) is 12.5. The molecule has 0 bridgehead atoms. The molecule has 0 amide bonds. The van der Waals surface area contributed by atoms with Gasteiger partial charge in [0.25, 0.3) is 0 Å². The van der Waals surface area contributed by atoms with Gasteiger partial charge in [-0.05, 0) is 39.0 Å². The molecule has 4 nitrogen and oxygen atoms in total. The fourth-order valence-electron chi connectivity index (χ4n) is 1.48. The summed E-state index contributed by atoms with van der Waals surface area (Å²) in [4.78, 5) is -0.403. The summed E-state index contributed by atoms with van der Waals surface area (Å²) >= 11 is 0. The Balaban J connectivity index is 3.09. The first-order valence-corrected chi connectivity index (χ1v) is 7.57. The van der Waals surface area contributed by atoms with Gasteiger partial charge < -0.3 is 5.11 Å². The molecular weight excluding hydrogens is 281 g/mol. The van der Waals surface area contributed by atoms with E-state index in [1.165, 1.54) is 12.1 Å². The van der Waals surface area contributed by atoms with Crippen molar-refractivity contribution in [3.63, 3.8) is 0 Å². The molecule has 1 aromatic carbocycles. The molecule has 1 rings (SSSR count). The van der Waals surface area contributed by atoms with E-state index in [2.05, 4.69) is 16.6 Å². The van der Waals surface area contributed by atoms with Gasteiger partial charge in [-0.2, -0.15) is 0 Å². The molecule has 0 heterocycles. The van der Waals surface area contributed by atoms with Gasteiger partial charge in [-0.3, -0.25) is 0 Å². The Morgan fingerprint density at radius 1 is 1.35 bits per heavy atom. The average Bonchev–Trinajstić information content (AvgIpc) is 2.25. The molecule has 0 aliphatic rings. The van der Waals surface area contributed by atoms with E-state index in [1.54, 1.807) is 20.8 Å². The number of sulfonamides is 1. The lowest BCUT2D eigenvalue weighted by molar-refractivity contribution is 0.305. The molecule has 0 spiro atoms. The van der Waals surface area contributed by atoms with Gasteiger partial charge in [0.1, 0.15) is 10.7 Å². The lowest BCUT2D eigenvalue weighted by Crippen LogP contribution is -2.40. The van der Waals surface area contributed by atoms with E-state index in [-0.39, 0.29) is 13.0 Å². The Kier molecular flexibility index (Phi) is 5.28. The molecule has 6 heteroatoms. The molecule has 0 saturated heterocycles. The van der Waals surface area contributed by atoms with Crippen LogP contribution in [0.4, 0.5) is 4.39 Å². The second kappa shape index (κ2) is 6.35. The minimum Gasteiger partial charge on any atom is -0.395 e. The predicted octanol–water partition coefficient (Wildman–Crippen LogP) is 1.64. The van der Waals surface area contributed by atoms with Gasteiger partial charge >= 0.3 is 0 Å². The first kappa shape index (κ1) is 16.6. The van der Waals surface area contributed by atoms with Crippen molar-refractivity contribution in [2.75, 3.05) is 6.61 Å².